The number of hydrogen-bond acceptors (Lipinski definition) is 6. The first-order chi connectivity index (χ1) is 11.7. The Hall–Kier alpha value is -1.32. The van der Waals surface area contributed by atoms with Crippen molar-refractivity contribution in [1.29, 1.82) is 0 Å². The molecule has 0 aliphatic rings. The molecule has 0 amide bonds. The number of thiol groups is 1. The molecule has 0 aliphatic heterocycles. The number of rotatable bonds is 10. The Bertz CT molecular complexity index is 578. The zero-order valence-electron chi connectivity index (χ0n) is 14.8. The Morgan fingerprint density at radius 3 is 2.48 bits per heavy atom. The zero-order valence-corrected chi connectivity index (χ0v) is 16.7. The molecule has 25 heavy (non-hydrogen) atoms. The lowest BCUT2D eigenvalue weighted by Gasteiger charge is -2.18. The smallest absolute Gasteiger partial charge is 0.387 e. The van der Waals surface area contributed by atoms with Crippen LogP contribution in [-0.4, -0.2) is 41.2 Å². The first-order valence-corrected chi connectivity index (χ1v) is 12.0. The number of ether oxygens (including phenoxy) is 4. The Morgan fingerprint density at radius 1 is 1.28 bits per heavy atom. The highest BCUT2D eigenvalue weighted by Crippen LogP contribution is 2.32. The molecule has 0 atom stereocenters. The monoisotopic (exact) mass is 394 g/mol. The molecular weight excluding hydrogens is 370 g/mol. The minimum absolute atomic E-state index is 0.0575. The van der Waals surface area contributed by atoms with Crippen LogP contribution in [0.2, 0.25) is 25.7 Å². The Morgan fingerprint density at radius 2 is 1.96 bits per heavy atom. The highest BCUT2D eigenvalue weighted by atomic mass is 32.1. The minimum Gasteiger partial charge on any atom is -0.467 e. The summed E-state index contributed by atoms with van der Waals surface area (Å²) in [5.74, 6) is -0.523. The van der Waals surface area contributed by atoms with Crippen molar-refractivity contribution in [2.45, 2.75) is 38.0 Å². The summed E-state index contributed by atoms with van der Waals surface area (Å²) >= 11 is 4.16. The molecule has 0 saturated heterocycles. The lowest BCUT2D eigenvalue weighted by atomic mass is 10.1. The number of hydrogen-bond donors (Lipinski definition) is 1. The topological polar surface area (TPSA) is 54.0 Å². The number of esters is 1. The van der Waals surface area contributed by atoms with Crippen molar-refractivity contribution in [2.24, 2.45) is 0 Å². The number of benzene rings is 1. The third-order valence-corrected chi connectivity index (χ3v) is 5.22. The van der Waals surface area contributed by atoms with Crippen LogP contribution in [0.4, 0.5) is 8.78 Å². The highest BCUT2D eigenvalue weighted by molar-refractivity contribution is 7.79. The predicted octanol–water partition coefficient (Wildman–Crippen LogP) is 4.20. The van der Waals surface area contributed by atoms with Gasteiger partial charge in [0.2, 0.25) is 0 Å². The normalized spacial score (nSPS) is 11.5. The molecule has 0 aliphatic carbocycles. The third kappa shape index (κ3) is 7.62. The summed E-state index contributed by atoms with van der Waals surface area (Å²) in [7, 11) is 0.0520. The number of halogens is 2. The van der Waals surface area contributed by atoms with Gasteiger partial charge in [-0.25, -0.2) is 4.79 Å². The summed E-state index contributed by atoms with van der Waals surface area (Å²) in [6.45, 7) is 3.66. The molecule has 9 heteroatoms. The molecule has 0 N–H and O–H groups in total. The van der Waals surface area contributed by atoms with E-state index in [1.165, 1.54) is 19.2 Å². The van der Waals surface area contributed by atoms with Crippen molar-refractivity contribution in [3.05, 3.63) is 23.3 Å². The molecular formula is C16H24F2O5SSi. The van der Waals surface area contributed by atoms with Gasteiger partial charge in [0.1, 0.15) is 17.1 Å². The summed E-state index contributed by atoms with van der Waals surface area (Å²) in [5, 5.41) is 0. The summed E-state index contributed by atoms with van der Waals surface area (Å²) in [4.78, 5) is 12.5. The second-order valence-electron chi connectivity index (χ2n) is 6.49. The van der Waals surface area contributed by atoms with E-state index in [2.05, 4.69) is 37.0 Å². The highest BCUT2D eigenvalue weighted by Gasteiger charge is 2.23. The second kappa shape index (κ2) is 9.98. The quantitative estimate of drug-likeness (QED) is 0.279. The van der Waals surface area contributed by atoms with Gasteiger partial charge in [0.05, 0.1) is 6.61 Å². The first kappa shape index (κ1) is 21.7. The van der Waals surface area contributed by atoms with E-state index in [9.17, 15) is 13.6 Å². The summed E-state index contributed by atoms with van der Waals surface area (Å²) < 4.78 is 44.9. The van der Waals surface area contributed by atoms with E-state index in [1.54, 1.807) is 0 Å². The van der Waals surface area contributed by atoms with Gasteiger partial charge < -0.3 is 18.9 Å². The number of alkyl halides is 2. The molecule has 1 rings (SSSR count). The standard InChI is InChI=1S/C16H24F2O5SSi/c1-20-10-22-13-8-12(23-16(17)18)7-11(9-24)14(13)15(19)21-5-6-25(2,3)4/h7-8,16,24H,5-6,9-10H2,1-4H3. The van der Waals surface area contributed by atoms with Crippen molar-refractivity contribution < 1.29 is 32.5 Å². The van der Waals surface area contributed by atoms with Crippen molar-refractivity contribution >= 4 is 26.7 Å². The largest absolute Gasteiger partial charge is 0.467 e. The third-order valence-electron chi connectivity index (χ3n) is 3.17. The van der Waals surface area contributed by atoms with Gasteiger partial charge in [-0.1, -0.05) is 19.6 Å². The lowest BCUT2D eigenvalue weighted by molar-refractivity contribution is -0.0500. The maximum absolute atomic E-state index is 12.5. The van der Waals surface area contributed by atoms with Crippen molar-refractivity contribution in [3.63, 3.8) is 0 Å². The van der Waals surface area contributed by atoms with E-state index < -0.39 is 20.7 Å². The summed E-state index contributed by atoms with van der Waals surface area (Å²) in [6.07, 6.45) is 0. The number of carbonyl (C=O) groups excluding carboxylic acids is 1. The van der Waals surface area contributed by atoms with Crippen molar-refractivity contribution in [2.75, 3.05) is 20.5 Å². The first-order valence-electron chi connectivity index (χ1n) is 7.69. The van der Waals surface area contributed by atoms with Crippen LogP contribution < -0.4 is 9.47 Å². The molecule has 5 nitrogen and oxygen atoms in total. The van der Waals surface area contributed by atoms with Crippen LogP contribution in [0.1, 0.15) is 15.9 Å². The van der Waals surface area contributed by atoms with E-state index in [1.807, 2.05) is 0 Å². The van der Waals surface area contributed by atoms with Gasteiger partial charge >= 0.3 is 12.6 Å². The molecule has 0 spiro atoms. The fourth-order valence-corrected chi connectivity index (χ4v) is 2.89. The molecule has 142 valence electrons. The van der Waals surface area contributed by atoms with E-state index in [4.69, 9.17) is 14.2 Å². The van der Waals surface area contributed by atoms with Gasteiger partial charge in [0, 0.05) is 27.0 Å². The molecule has 0 unspecified atom stereocenters. The van der Waals surface area contributed by atoms with Crippen LogP contribution >= 0.6 is 12.6 Å². The van der Waals surface area contributed by atoms with Gasteiger partial charge in [-0.05, 0) is 17.7 Å². The van der Waals surface area contributed by atoms with Crippen LogP contribution in [0.25, 0.3) is 0 Å². The van der Waals surface area contributed by atoms with E-state index in [0.717, 1.165) is 6.04 Å². The van der Waals surface area contributed by atoms with Crippen LogP contribution in [0.3, 0.4) is 0 Å². The predicted molar refractivity (Wildman–Crippen MR) is 96.7 cm³/mol. The zero-order chi connectivity index (χ0) is 19.0. The van der Waals surface area contributed by atoms with Crippen LogP contribution in [0, 0.1) is 0 Å². The van der Waals surface area contributed by atoms with Gasteiger partial charge in [0.25, 0.3) is 0 Å². The molecule has 0 aromatic heterocycles. The minimum atomic E-state index is -2.99. The van der Waals surface area contributed by atoms with Crippen LogP contribution in [0.5, 0.6) is 11.5 Å². The molecule has 0 radical (unpaired) electrons. The summed E-state index contributed by atoms with van der Waals surface area (Å²) in [6, 6.07) is 3.36. The maximum Gasteiger partial charge on any atom is 0.387 e. The lowest BCUT2D eigenvalue weighted by Crippen LogP contribution is -2.23. The van der Waals surface area contributed by atoms with Crippen molar-refractivity contribution in [1.82, 2.24) is 0 Å². The number of carbonyl (C=O) groups is 1. The van der Waals surface area contributed by atoms with Gasteiger partial charge in [-0.15, -0.1) is 0 Å². The van der Waals surface area contributed by atoms with Gasteiger partial charge in [-0.3, -0.25) is 0 Å². The maximum atomic E-state index is 12.5. The molecule has 0 bridgehead atoms. The number of methoxy groups -OCH3 is 1. The fraction of sp³-hybridized carbons (Fsp3) is 0.562. The second-order valence-corrected chi connectivity index (χ2v) is 12.4. The van der Waals surface area contributed by atoms with Crippen LogP contribution in [-0.2, 0) is 15.2 Å². The van der Waals surface area contributed by atoms with E-state index >= 15 is 0 Å². The molecule has 0 heterocycles. The Labute approximate surface area is 153 Å². The molecule has 0 fully saturated rings. The average molecular weight is 395 g/mol. The SMILES string of the molecule is COCOc1cc(OC(F)F)cc(CS)c1C(=O)OCC[Si](C)(C)C. The molecule has 1 aromatic rings. The Kier molecular flexibility index (Phi) is 8.67. The summed E-state index contributed by atoms with van der Waals surface area (Å²) in [5.41, 5.74) is 0.523. The van der Waals surface area contributed by atoms with Gasteiger partial charge in [-0.2, -0.15) is 21.4 Å². The fourth-order valence-electron chi connectivity index (χ4n) is 1.93. The Balaban J connectivity index is 3.09. The van der Waals surface area contributed by atoms with E-state index in [-0.39, 0.29) is 29.6 Å². The van der Waals surface area contributed by atoms with Crippen molar-refractivity contribution in [3.8, 4) is 11.5 Å². The van der Waals surface area contributed by atoms with Gasteiger partial charge in [0.15, 0.2) is 6.79 Å². The van der Waals surface area contributed by atoms with Crippen LogP contribution in [0.15, 0.2) is 12.1 Å². The van der Waals surface area contributed by atoms with E-state index in [0.29, 0.717) is 12.2 Å². The average Bonchev–Trinajstić information content (AvgIpc) is 2.50. The molecule has 1 aromatic carbocycles. The molecule has 0 saturated carbocycles.